The summed E-state index contributed by atoms with van der Waals surface area (Å²) < 4.78 is 0. The molecule has 0 radical (unpaired) electrons. The lowest BCUT2D eigenvalue weighted by atomic mass is 10.2. The molecule has 3 aromatic heterocycles. The van der Waals surface area contributed by atoms with Gasteiger partial charge in [-0.1, -0.05) is 6.07 Å². The van der Waals surface area contributed by atoms with E-state index in [2.05, 4.69) is 30.6 Å². The van der Waals surface area contributed by atoms with Crippen molar-refractivity contribution in [2.45, 2.75) is 6.42 Å². The molecule has 2 N–H and O–H groups in total. The van der Waals surface area contributed by atoms with Gasteiger partial charge in [-0.05, 0) is 36.2 Å². The molecule has 0 atom stereocenters. The Morgan fingerprint density at radius 3 is 2.57 bits per heavy atom. The fourth-order valence-corrected chi connectivity index (χ4v) is 2.18. The summed E-state index contributed by atoms with van der Waals surface area (Å²) in [7, 11) is 1.80. The summed E-state index contributed by atoms with van der Waals surface area (Å²) in [6.07, 6.45) is 6.27. The molecule has 23 heavy (non-hydrogen) atoms. The first-order chi connectivity index (χ1) is 11.3. The van der Waals surface area contributed by atoms with Crippen LogP contribution in [0.2, 0.25) is 0 Å². The summed E-state index contributed by atoms with van der Waals surface area (Å²) in [5, 5.41) is 6.33. The number of pyridine rings is 2. The van der Waals surface area contributed by atoms with Gasteiger partial charge in [-0.3, -0.25) is 9.97 Å². The quantitative estimate of drug-likeness (QED) is 0.729. The largest absolute Gasteiger partial charge is 0.370 e. The Labute approximate surface area is 135 Å². The van der Waals surface area contributed by atoms with E-state index in [1.54, 1.807) is 25.6 Å². The maximum Gasteiger partial charge on any atom is 0.224 e. The SMILES string of the molecule is CNc1nc(NCCc2ccncc2)cc(-c2ccccn2)n1. The third-order valence-corrected chi connectivity index (χ3v) is 3.35. The standard InChI is InChI=1S/C17H18N6/c1-18-17-22-15(14-4-2-3-8-20-14)12-16(23-17)21-11-7-13-5-9-19-10-6-13/h2-6,8-10,12H,7,11H2,1H3,(H2,18,21,22,23). The Morgan fingerprint density at radius 2 is 1.83 bits per heavy atom. The van der Waals surface area contributed by atoms with Crippen LogP contribution >= 0.6 is 0 Å². The fourth-order valence-electron chi connectivity index (χ4n) is 2.18. The van der Waals surface area contributed by atoms with Crippen LogP contribution in [0.25, 0.3) is 11.4 Å². The van der Waals surface area contributed by atoms with E-state index in [0.29, 0.717) is 5.95 Å². The van der Waals surface area contributed by atoms with Crippen molar-refractivity contribution >= 4 is 11.8 Å². The molecule has 6 nitrogen and oxygen atoms in total. The summed E-state index contributed by atoms with van der Waals surface area (Å²) in [4.78, 5) is 17.3. The molecule has 0 aliphatic carbocycles. The lowest BCUT2D eigenvalue weighted by Crippen LogP contribution is -2.08. The number of hydrogen-bond donors (Lipinski definition) is 2. The van der Waals surface area contributed by atoms with Gasteiger partial charge in [-0.25, -0.2) is 4.98 Å². The zero-order valence-corrected chi connectivity index (χ0v) is 12.9. The molecule has 0 saturated carbocycles. The Balaban J connectivity index is 1.74. The van der Waals surface area contributed by atoms with Crippen molar-refractivity contribution in [2.24, 2.45) is 0 Å². The van der Waals surface area contributed by atoms with E-state index in [1.165, 1.54) is 5.56 Å². The molecule has 0 spiro atoms. The highest BCUT2D eigenvalue weighted by molar-refractivity contribution is 5.60. The lowest BCUT2D eigenvalue weighted by molar-refractivity contribution is 0.994. The first kappa shape index (κ1) is 14.9. The van der Waals surface area contributed by atoms with Crippen molar-refractivity contribution in [3.05, 3.63) is 60.6 Å². The van der Waals surface area contributed by atoms with Gasteiger partial charge >= 0.3 is 0 Å². The van der Waals surface area contributed by atoms with Crippen LogP contribution in [0.3, 0.4) is 0 Å². The van der Waals surface area contributed by atoms with Crippen molar-refractivity contribution in [3.63, 3.8) is 0 Å². The molecule has 0 aliphatic rings. The van der Waals surface area contributed by atoms with Crippen molar-refractivity contribution in [1.82, 2.24) is 19.9 Å². The van der Waals surface area contributed by atoms with E-state index < -0.39 is 0 Å². The zero-order valence-electron chi connectivity index (χ0n) is 12.9. The number of anilines is 2. The smallest absolute Gasteiger partial charge is 0.224 e. The van der Waals surface area contributed by atoms with E-state index in [-0.39, 0.29) is 0 Å². The van der Waals surface area contributed by atoms with Crippen LogP contribution in [0.1, 0.15) is 5.56 Å². The minimum atomic E-state index is 0.569. The molecular weight excluding hydrogens is 288 g/mol. The third-order valence-electron chi connectivity index (χ3n) is 3.35. The molecule has 0 fully saturated rings. The van der Waals surface area contributed by atoms with Gasteiger partial charge in [0.25, 0.3) is 0 Å². The van der Waals surface area contributed by atoms with Crippen molar-refractivity contribution in [3.8, 4) is 11.4 Å². The predicted octanol–water partition coefficient (Wildman–Crippen LogP) is 2.63. The number of aromatic nitrogens is 4. The van der Waals surface area contributed by atoms with Gasteiger partial charge in [-0.15, -0.1) is 0 Å². The summed E-state index contributed by atoms with van der Waals surface area (Å²) in [5.74, 6) is 1.35. The Morgan fingerprint density at radius 1 is 0.957 bits per heavy atom. The van der Waals surface area contributed by atoms with Crippen LogP contribution in [0.15, 0.2) is 55.0 Å². The van der Waals surface area contributed by atoms with Crippen molar-refractivity contribution < 1.29 is 0 Å². The lowest BCUT2D eigenvalue weighted by Gasteiger charge is -2.09. The second-order valence-corrected chi connectivity index (χ2v) is 4.96. The molecule has 3 rings (SSSR count). The predicted molar refractivity (Wildman–Crippen MR) is 91.2 cm³/mol. The van der Waals surface area contributed by atoms with Gasteiger partial charge in [0, 0.05) is 38.2 Å². The first-order valence-corrected chi connectivity index (χ1v) is 7.46. The van der Waals surface area contributed by atoms with Crippen LogP contribution in [0, 0.1) is 0 Å². The molecule has 0 saturated heterocycles. The van der Waals surface area contributed by atoms with E-state index in [1.807, 2.05) is 36.4 Å². The molecule has 3 aromatic rings. The molecule has 0 unspecified atom stereocenters. The Bertz CT molecular complexity index is 746. The van der Waals surface area contributed by atoms with Crippen LogP contribution in [0.4, 0.5) is 11.8 Å². The molecule has 0 bridgehead atoms. The Hall–Kier alpha value is -3.02. The van der Waals surface area contributed by atoms with E-state index in [9.17, 15) is 0 Å². The van der Waals surface area contributed by atoms with Gasteiger partial charge in [0.05, 0.1) is 11.4 Å². The van der Waals surface area contributed by atoms with Gasteiger partial charge in [0.2, 0.25) is 5.95 Å². The molecule has 0 aliphatic heterocycles. The highest BCUT2D eigenvalue weighted by Gasteiger charge is 2.06. The fraction of sp³-hybridized carbons (Fsp3) is 0.176. The van der Waals surface area contributed by atoms with Crippen molar-refractivity contribution in [1.29, 1.82) is 0 Å². The normalized spacial score (nSPS) is 10.3. The van der Waals surface area contributed by atoms with E-state index >= 15 is 0 Å². The monoisotopic (exact) mass is 306 g/mol. The third kappa shape index (κ3) is 4.00. The van der Waals surface area contributed by atoms with Gasteiger partial charge in [-0.2, -0.15) is 4.98 Å². The number of nitrogens with zero attached hydrogens (tertiary/aromatic N) is 4. The van der Waals surface area contributed by atoms with Crippen LogP contribution in [-0.4, -0.2) is 33.5 Å². The van der Waals surface area contributed by atoms with Gasteiger partial charge in [0.15, 0.2) is 0 Å². The van der Waals surface area contributed by atoms with E-state index in [0.717, 1.165) is 30.2 Å². The van der Waals surface area contributed by atoms with Crippen molar-refractivity contribution in [2.75, 3.05) is 24.2 Å². The second kappa shape index (κ2) is 7.31. The summed E-state index contributed by atoms with van der Waals surface area (Å²) in [6, 6.07) is 11.7. The molecule has 0 amide bonds. The number of nitrogens with one attached hydrogen (secondary N) is 2. The topological polar surface area (TPSA) is 75.6 Å². The highest BCUT2D eigenvalue weighted by atomic mass is 15.1. The maximum absolute atomic E-state index is 4.46. The average molecular weight is 306 g/mol. The minimum absolute atomic E-state index is 0.569. The summed E-state index contributed by atoms with van der Waals surface area (Å²) in [5.41, 5.74) is 2.85. The molecule has 0 aromatic carbocycles. The van der Waals surface area contributed by atoms with E-state index in [4.69, 9.17) is 0 Å². The van der Waals surface area contributed by atoms with Crippen LogP contribution < -0.4 is 10.6 Å². The molecule has 6 heteroatoms. The van der Waals surface area contributed by atoms with Gasteiger partial charge < -0.3 is 10.6 Å². The minimum Gasteiger partial charge on any atom is -0.370 e. The first-order valence-electron chi connectivity index (χ1n) is 7.46. The second-order valence-electron chi connectivity index (χ2n) is 4.96. The Kier molecular flexibility index (Phi) is 4.73. The molecule has 3 heterocycles. The number of rotatable bonds is 6. The van der Waals surface area contributed by atoms with Crippen LogP contribution in [-0.2, 0) is 6.42 Å². The van der Waals surface area contributed by atoms with Gasteiger partial charge in [0.1, 0.15) is 5.82 Å². The molecule has 116 valence electrons. The zero-order chi connectivity index (χ0) is 15.9. The highest BCUT2D eigenvalue weighted by Crippen LogP contribution is 2.19. The van der Waals surface area contributed by atoms with Crippen LogP contribution in [0.5, 0.6) is 0 Å². The molecular formula is C17H18N6. The summed E-state index contributed by atoms with van der Waals surface area (Å²) in [6.45, 7) is 0.784. The average Bonchev–Trinajstić information content (AvgIpc) is 2.63. The number of hydrogen-bond acceptors (Lipinski definition) is 6. The maximum atomic E-state index is 4.46. The summed E-state index contributed by atoms with van der Waals surface area (Å²) >= 11 is 0.